The fraction of sp³-hybridized carbons (Fsp3) is 0.300. The van der Waals surface area contributed by atoms with E-state index in [1.54, 1.807) is 24.3 Å². The third-order valence-corrected chi connectivity index (χ3v) is 4.25. The molecule has 2 amide bonds. The molecule has 1 fully saturated rings. The second-order valence-electron chi connectivity index (χ2n) is 6.27. The summed E-state index contributed by atoms with van der Waals surface area (Å²) in [6, 6.07) is 16.4. The van der Waals surface area contributed by atoms with Crippen LogP contribution in [-0.2, 0) is 9.59 Å². The van der Waals surface area contributed by atoms with Crippen molar-refractivity contribution < 1.29 is 19.1 Å². The summed E-state index contributed by atoms with van der Waals surface area (Å²) in [5, 5.41) is 0. The van der Waals surface area contributed by atoms with E-state index in [2.05, 4.69) is 21.7 Å². The molecule has 1 aliphatic rings. The molecule has 0 aromatic heterocycles. The zero-order valence-corrected chi connectivity index (χ0v) is 15.6. The molecule has 2 aromatic carbocycles. The molecule has 0 saturated carbocycles. The molecular weight excluding hydrogens is 360 g/mol. The fourth-order valence-corrected chi connectivity index (χ4v) is 2.83. The van der Waals surface area contributed by atoms with Gasteiger partial charge < -0.3 is 9.47 Å². The minimum atomic E-state index is -0.451. The molecule has 8 nitrogen and oxygen atoms in total. The Kier molecular flexibility index (Phi) is 6.83. The van der Waals surface area contributed by atoms with Gasteiger partial charge in [-0.15, -0.1) is 0 Å². The van der Waals surface area contributed by atoms with Crippen LogP contribution in [0, 0.1) is 0 Å². The highest BCUT2D eigenvalue weighted by Crippen LogP contribution is 2.21. The number of carbonyl (C=O) groups excluding carboxylic acids is 2. The average Bonchev–Trinajstić information content (AvgIpc) is 3.23. The Morgan fingerprint density at radius 2 is 1.64 bits per heavy atom. The number of hydrogen-bond acceptors (Lipinski definition) is 6. The summed E-state index contributed by atoms with van der Waals surface area (Å²) in [7, 11) is 0. The molecule has 8 heteroatoms. The number of nitrogens with one attached hydrogen (secondary N) is 4. The first-order valence-corrected chi connectivity index (χ1v) is 9.16. The Morgan fingerprint density at radius 1 is 0.964 bits per heavy atom. The van der Waals surface area contributed by atoms with Crippen molar-refractivity contribution in [2.45, 2.75) is 25.4 Å². The molecule has 1 saturated heterocycles. The molecule has 1 heterocycles. The number of hydrogen-bond donors (Lipinski definition) is 4. The van der Waals surface area contributed by atoms with Crippen LogP contribution >= 0.6 is 0 Å². The van der Waals surface area contributed by atoms with Gasteiger partial charge in [0.25, 0.3) is 11.8 Å². The third kappa shape index (κ3) is 5.45. The summed E-state index contributed by atoms with van der Waals surface area (Å²) >= 11 is 0. The zero-order valence-electron chi connectivity index (χ0n) is 15.6. The molecule has 3 rings (SSSR count). The number of benzene rings is 2. The van der Waals surface area contributed by atoms with E-state index in [0.29, 0.717) is 18.8 Å². The first-order valence-electron chi connectivity index (χ1n) is 9.16. The van der Waals surface area contributed by atoms with E-state index in [4.69, 9.17) is 9.47 Å². The van der Waals surface area contributed by atoms with Gasteiger partial charge >= 0.3 is 0 Å². The summed E-state index contributed by atoms with van der Waals surface area (Å²) in [4.78, 5) is 24.1. The summed E-state index contributed by atoms with van der Waals surface area (Å²) < 4.78 is 10.7. The van der Waals surface area contributed by atoms with Crippen LogP contribution in [0.5, 0.6) is 11.5 Å². The topological polar surface area (TPSA) is 101 Å². The Balaban J connectivity index is 1.38. The molecule has 0 spiro atoms. The highest BCUT2D eigenvalue weighted by atomic mass is 16.5. The van der Waals surface area contributed by atoms with E-state index >= 15 is 0 Å². The normalized spacial score (nSPS) is 18.3. The molecular formula is C20H24N4O4. The zero-order chi connectivity index (χ0) is 19.8. The molecule has 0 radical (unpaired) electrons. The standard InChI is InChI=1S/C20H24N4O4/c1-2-27-15-8-10-16(11-9-15)28-13-19(25)23-24-20(26)18-12-17(21-22-18)14-6-4-3-5-7-14/h3-11,17-18,21-22H,2,12-13H2,1H3,(H,23,25)(H,24,26). The maximum atomic E-state index is 12.2. The highest BCUT2D eigenvalue weighted by Gasteiger charge is 2.30. The number of ether oxygens (including phenoxy) is 2. The Hall–Kier alpha value is -3.10. The quantitative estimate of drug-likeness (QED) is 0.536. The smallest absolute Gasteiger partial charge is 0.276 e. The van der Waals surface area contributed by atoms with Crippen molar-refractivity contribution in [3.05, 3.63) is 60.2 Å². The van der Waals surface area contributed by atoms with Crippen LogP contribution in [0.4, 0.5) is 0 Å². The molecule has 2 unspecified atom stereocenters. The monoisotopic (exact) mass is 384 g/mol. The van der Waals surface area contributed by atoms with E-state index in [0.717, 1.165) is 11.3 Å². The van der Waals surface area contributed by atoms with Crippen molar-refractivity contribution in [3.63, 3.8) is 0 Å². The predicted octanol–water partition coefficient (Wildman–Crippen LogP) is 1.22. The number of amides is 2. The minimum Gasteiger partial charge on any atom is -0.494 e. The van der Waals surface area contributed by atoms with Gasteiger partial charge in [-0.1, -0.05) is 30.3 Å². The Bertz CT molecular complexity index is 783. The summed E-state index contributed by atoms with van der Waals surface area (Å²) in [6.45, 7) is 2.28. The van der Waals surface area contributed by atoms with Gasteiger partial charge in [-0.2, -0.15) is 0 Å². The van der Waals surface area contributed by atoms with Gasteiger partial charge in [0.2, 0.25) is 0 Å². The van der Waals surface area contributed by atoms with E-state index in [1.165, 1.54) is 0 Å². The predicted molar refractivity (Wildman–Crippen MR) is 103 cm³/mol. The van der Waals surface area contributed by atoms with Crippen molar-refractivity contribution >= 4 is 11.8 Å². The fourth-order valence-electron chi connectivity index (χ4n) is 2.83. The van der Waals surface area contributed by atoms with Gasteiger partial charge in [0.15, 0.2) is 6.61 Å². The van der Waals surface area contributed by atoms with E-state index in [9.17, 15) is 9.59 Å². The van der Waals surface area contributed by atoms with Crippen LogP contribution in [0.3, 0.4) is 0 Å². The molecule has 0 aliphatic carbocycles. The summed E-state index contributed by atoms with van der Waals surface area (Å²) in [6.07, 6.45) is 0.578. The maximum absolute atomic E-state index is 12.2. The number of rotatable bonds is 7. The van der Waals surface area contributed by atoms with Gasteiger partial charge in [-0.25, -0.2) is 10.9 Å². The molecule has 2 aromatic rings. The highest BCUT2D eigenvalue weighted by molar-refractivity contribution is 5.86. The van der Waals surface area contributed by atoms with Crippen LogP contribution in [-0.4, -0.2) is 31.1 Å². The summed E-state index contributed by atoms with van der Waals surface area (Å²) in [5.74, 6) is 0.503. The van der Waals surface area contributed by atoms with E-state index in [-0.39, 0.29) is 18.6 Å². The maximum Gasteiger partial charge on any atom is 0.276 e. The first kappa shape index (κ1) is 19.7. The lowest BCUT2D eigenvalue weighted by molar-refractivity contribution is -0.130. The molecule has 0 bridgehead atoms. The first-order chi connectivity index (χ1) is 13.7. The molecule has 28 heavy (non-hydrogen) atoms. The lowest BCUT2D eigenvalue weighted by Crippen LogP contribution is -2.51. The molecule has 148 valence electrons. The molecule has 1 aliphatic heterocycles. The van der Waals surface area contributed by atoms with Gasteiger partial charge in [0.1, 0.15) is 17.5 Å². The minimum absolute atomic E-state index is 0.0376. The second-order valence-corrected chi connectivity index (χ2v) is 6.27. The van der Waals surface area contributed by atoms with Crippen LogP contribution in [0.15, 0.2) is 54.6 Å². The second kappa shape index (κ2) is 9.72. The number of hydrazine groups is 2. The van der Waals surface area contributed by atoms with Crippen molar-refractivity contribution in [1.82, 2.24) is 21.7 Å². The van der Waals surface area contributed by atoms with Crippen molar-refractivity contribution in [2.75, 3.05) is 13.2 Å². The van der Waals surface area contributed by atoms with Crippen LogP contribution in [0.1, 0.15) is 24.9 Å². The van der Waals surface area contributed by atoms with Crippen molar-refractivity contribution in [1.29, 1.82) is 0 Å². The Morgan fingerprint density at radius 3 is 2.32 bits per heavy atom. The van der Waals surface area contributed by atoms with E-state index in [1.807, 2.05) is 37.3 Å². The van der Waals surface area contributed by atoms with Crippen LogP contribution in [0.25, 0.3) is 0 Å². The van der Waals surface area contributed by atoms with Gasteiger partial charge in [-0.3, -0.25) is 20.4 Å². The lowest BCUT2D eigenvalue weighted by Gasteiger charge is -2.12. The molecule has 2 atom stereocenters. The lowest BCUT2D eigenvalue weighted by atomic mass is 10.0. The van der Waals surface area contributed by atoms with E-state index < -0.39 is 11.9 Å². The van der Waals surface area contributed by atoms with Gasteiger partial charge in [-0.05, 0) is 43.2 Å². The van der Waals surface area contributed by atoms with Crippen LogP contribution in [0.2, 0.25) is 0 Å². The SMILES string of the molecule is CCOc1ccc(OCC(=O)NNC(=O)C2CC(c3ccccc3)NN2)cc1. The molecule has 4 N–H and O–H groups in total. The van der Waals surface area contributed by atoms with Gasteiger partial charge in [0, 0.05) is 6.04 Å². The van der Waals surface area contributed by atoms with Crippen molar-refractivity contribution in [2.24, 2.45) is 0 Å². The average molecular weight is 384 g/mol. The van der Waals surface area contributed by atoms with Gasteiger partial charge in [0.05, 0.1) is 6.61 Å². The third-order valence-electron chi connectivity index (χ3n) is 4.25. The number of carbonyl (C=O) groups is 2. The van der Waals surface area contributed by atoms with Crippen molar-refractivity contribution in [3.8, 4) is 11.5 Å². The van der Waals surface area contributed by atoms with Crippen LogP contribution < -0.4 is 31.2 Å². The Labute approximate surface area is 163 Å². The summed E-state index contributed by atoms with van der Waals surface area (Å²) in [5.41, 5.74) is 11.9. The largest absolute Gasteiger partial charge is 0.494 e.